The van der Waals surface area contributed by atoms with E-state index in [0.717, 1.165) is 5.56 Å². The second kappa shape index (κ2) is 3.13. The lowest BCUT2D eigenvalue weighted by atomic mass is 10.3. The monoisotopic (exact) mass is 220 g/mol. The summed E-state index contributed by atoms with van der Waals surface area (Å²) in [5.41, 5.74) is 7.05. The van der Waals surface area contributed by atoms with Crippen molar-refractivity contribution in [2.45, 2.75) is 19.3 Å². The average molecular weight is 220 g/mol. The van der Waals surface area contributed by atoms with Crippen LogP contribution in [0.5, 0.6) is 0 Å². The van der Waals surface area contributed by atoms with Gasteiger partial charge in [0.15, 0.2) is 0 Å². The summed E-state index contributed by atoms with van der Waals surface area (Å²) in [6.45, 7) is -0.457. The molecule has 0 atom stereocenters. The Hall–Kier alpha value is -1.24. The van der Waals surface area contributed by atoms with E-state index in [1.165, 1.54) is 9.58 Å². The van der Waals surface area contributed by atoms with Gasteiger partial charge in [0.2, 0.25) is 0 Å². The minimum atomic E-state index is -4.17. The van der Waals surface area contributed by atoms with Gasteiger partial charge < -0.3 is 5.73 Å². The van der Waals surface area contributed by atoms with Crippen LogP contribution in [0.3, 0.4) is 0 Å². The number of fused-ring (bicyclic) bond motifs is 1. The van der Waals surface area contributed by atoms with Gasteiger partial charge in [-0.3, -0.25) is 9.58 Å². The first-order chi connectivity index (χ1) is 6.87. The molecule has 0 aliphatic carbocycles. The SMILES string of the molecule is Cn1nc2c(c1N)CN(CC(F)(F)F)C2. The third kappa shape index (κ3) is 1.92. The van der Waals surface area contributed by atoms with Crippen molar-refractivity contribution in [2.75, 3.05) is 12.3 Å². The molecule has 0 spiro atoms. The number of aromatic nitrogens is 2. The van der Waals surface area contributed by atoms with Crippen LogP contribution < -0.4 is 5.73 Å². The van der Waals surface area contributed by atoms with Gasteiger partial charge in [0.1, 0.15) is 5.82 Å². The van der Waals surface area contributed by atoms with Crippen LogP contribution in [-0.4, -0.2) is 27.4 Å². The molecule has 0 aromatic carbocycles. The van der Waals surface area contributed by atoms with E-state index in [2.05, 4.69) is 5.10 Å². The molecule has 1 aliphatic heterocycles. The van der Waals surface area contributed by atoms with Crippen LogP contribution in [0.15, 0.2) is 0 Å². The maximum Gasteiger partial charge on any atom is 0.401 e. The third-order valence-corrected chi connectivity index (χ3v) is 2.43. The van der Waals surface area contributed by atoms with Gasteiger partial charge in [-0.2, -0.15) is 18.3 Å². The number of alkyl halides is 3. The highest BCUT2D eigenvalue weighted by Crippen LogP contribution is 2.29. The van der Waals surface area contributed by atoms with E-state index in [1.807, 2.05) is 0 Å². The Kier molecular flexibility index (Phi) is 2.14. The molecule has 15 heavy (non-hydrogen) atoms. The molecule has 2 rings (SSSR count). The summed E-state index contributed by atoms with van der Waals surface area (Å²) in [7, 11) is 1.68. The van der Waals surface area contributed by atoms with Crippen molar-refractivity contribution < 1.29 is 13.2 Å². The molecule has 0 fully saturated rings. The van der Waals surface area contributed by atoms with Gasteiger partial charge in [-0.05, 0) is 0 Å². The predicted octanol–water partition coefficient (Wildman–Crippen LogP) is 0.880. The van der Waals surface area contributed by atoms with Gasteiger partial charge in [-0.15, -0.1) is 0 Å². The zero-order valence-corrected chi connectivity index (χ0v) is 8.17. The first-order valence-corrected chi connectivity index (χ1v) is 4.46. The Morgan fingerprint density at radius 2 is 2.07 bits per heavy atom. The van der Waals surface area contributed by atoms with E-state index in [4.69, 9.17) is 5.73 Å². The molecule has 84 valence electrons. The van der Waals surface area contributed by atoms with Crippen molar-refractivity contribution in [1.29, 1.82) is 0 Å². The lowest BCUT2D eigenvalue weighted by molar-refractivity contribution is -0.147. The van der Waals surface area contributed by atoms with Crippen LogP contribution in [-0.2, 0) is 20.1 Å². The lowest BCUT2D eigenvalue weighted by Crippen LogP contribution is -2.30. The van der Waals surface area contributed by atoms with Crippen molar-refractivity contribution in [2.24, 2.45) is 7.05 Å². The van der Waals surface area contributed by atoms with Crippen LogP contribution in [0.1, 0.15) is 11.3 Å². The Labute approximate surface area is 84.5 Å². The van der Waals surface area contributed by atoms with Crippen molar-refractivity contribution in [3.8, 4) is 0 Å². The van der Waals surface area contributed by atoms with Gasteiger partial charge in [-0.25, -0.2) is 0 Å². The minimum absolute atomic E-state index is 0.222. The Morgan fingerprint density at radius 1 is 1.40 bits per heavy atom. The molecule has 2 heterocycles. The largest absolute Gasteiger partial charge is 0.401 e. The van der Waals surface area contributed by atoms with Crippen molar-refractivity contribution >= 4 is 5.82 Å². The van der Waals surface area contributed by atoms with Gasteiger partial charge in [-0.1, -0.05) is 0 Å². The Bertz CT molecular complexity index is 382. The molecule has 2 N–H and O–H groups in total. The number of hydrogen-bond acceptors (Lipinski definition) is 3. The number of rotatable bonds is 1. The van der Waals surface area contributed by atoms with Crippen LogP contribution in [0.2, 0.25) is 0 Å². The standard InChI is InChI=1S/C8H11F3N4/c1-14-7(12)5-2-15(3-6(5)13-14)4-8(9,10)11/h2-4,12H2,1H3. The summed E-state index contributed by atoms with van der Waals surface area (Å²) in [5, 5.41) is 4.05. The molecular formula is C8H11F3N4. The summed E-state index contributed by atoms with van der Waals surface area (Å²) >= 11 is 0. The van der Waals surface area contributed by atoms with Crippen molar-refractivity contribution in [3.63, 3.8) is 0 Å². The quantitative estimate of drug-likeness (QED) is 0.764. The molecule has 1 aromatic heterocycles. The molecular weight excluding hydrogens is 209 g/mol. The molecule has 1 aromatic rings. The first-order valence-electron chi connectivity index (χ1n) is 4.46. The molecule has 7 heteroatoms. The van der Waals surface area contributed by atoms with Crippen LogP contribution in [0, 0.1) is 0 Å². The maximum absolute atomic E-state index is 12.1. The van der Waals surface area contributed by atoms with E-state index in [9.17, 15) is 13.2 Å². The Balaban J connectivity index is 2.10. The molecule has 4 nitrogen and oxygen atoms in total. The van der Waals surface area contributed by atoms with Gasteiger partial charge >= 0.3 is 6.18 Å². The number of anilines is 1. The van der Waals surface area contributed by atoms with Crippen LogP contribution >= 0.6 is 0 Å². The second-order valence-corrected chi connectivity index (χ2v) is 3.69. The zero-order valence-electron chi connectivity index (χ0n) is 8.17. The summed E-state index contributed by atoms with van der Waals surface area (Å²) in [6, 6.07) is 0. The van der Waals surface area contributed by atoms with E-state index < -0.39 is 12.7 Å². The fraction of sp³-hybridized carbons (Fsp3) is 0.625. The molecule has 0 radical (unpaired) electrons. The van der Waals surface area contributed by atoms with Crippen LogP contribution in [0.25, 0.3) is 0 Å². The molecule has 0 unspecified atom stereocenters. The maximum atomic E-state index is 12.1. The summed E-state index contributed by atoms with van der Waals surface area (Å²) in [6.07, 6.45) is -4.17. The van der Waals surface area contributed by atoms with Crippen LogP contribution in [0.4, 0.5) is 19.0 Å². The molecule has 0 amide bonds. The van der Waals surface area contributed by atoms with Gasteiger partial charge in [0, 0.05) is 25.7 Å². The summed E-state index contributed by atoms with van der Waals surface area (Å²) in [4.78, 5) is 1.29. The number of hydrogen-bond donors (Lipinski definition) is 1. The lowest BCUT2D eigenvalue weighted by Gasteiger charge is -2.17. The second-order valence-electron chi connectivity index (χ2n) is 3.69. The van der Waals surface area contributed by atoms with E-state index >= 15 is 0 Å². The summed E-state index contributed by atoms with van der Waals surface area (Å²) in [5.74, 6) is 0.453. The molecule has 0 saturated heterocycles. The van der Waals surface area contributed by atoms with E-state index in [1.54, 1.807) is 7.05 Å². The number of nitrogens with zero attached hydrogens (tertiary/aromatic N) is 3. The van der Waals surface area contributed by atoms with E-state index in [0.29, 0.717) is 11.5 Å². The Morgan fingerprint density at radius 3 is 2.60 bits per heavy atom. The van der Waals surface area contributed by atoms with Gasteiger partial charge in [0.05, 0.1) is 12.2 Å². The predicted molar refractivity (Wildman–Crippen MR) is 47.8 cm³/mol. The smallest absolute Gasteiger partial charge is 0.384 e. The molecule has 1 aliphatic rings. The fourth-order valence-electron chi connectivity index (χ4n) is 1.79. The highest BCUT2D eigenvalue weighted by atomic mass is 19.4. The van der Waals surface area contributed by atoms with Crippen molar-refractivity contribution in [3.05, 3.63) is 11.3 Å². The molecule has 0 bridgehead atoms. The number of aryl methyl sites for hydroxylation is 1. The minimum Gasteiger partial charge on any atom is -0.384 e. The summed E-state index contributed by atoms with van der Waals surface area (Å²) < 4.78 is 37.9. The van der Waals surface area contributed by atoms with Gasteiger partial charge in [0.25, 0.3) is 0 Å². The third-order valence-electron chi connectivity index (χ3n) is 2.43. The first kappa shape index (κ1) is 10.3. The highest BCUT2D eigenvalue weighted by molar-refractivity contribution is 5.45. The normalized spacial score (nSPS) is 17.1. The highest BCUT2D eigenvalue weighted by Gasteiger charge is 2.35. The zero-order chi connectivity index (χ0) is 11.2. The molecule has 0 saturated carbocycles. The van der Waals surface area contributed by atoms with E-state index in [-0.39, 0.29) is 13.1 Å². The number of nitrogen functional groups attached to an aromatic ring is 1. The van der Waals surface area contributed by atoms with Crippen molar-refractivity contribution in [1.82, 2.24) is 14.7 Å². The topological polar surface area (TPSA) is 47.1 Å². The fourth-order valence-corrected chi connectivity index (χ4v) is 1.79. The average Bonchev–Trinajstić information content (AvgIpc) is 2.52. The number of nitrogens with two attached hydrogens (primary N) is 1. The number of halogens is 3.